The molecule has 1 aliphatic rings. The molecule has 2 atom stereocenters. The number of nitrogen functional groups attached to an aromatic ring is 1. The first-order valence-electron chi connectivity index (χ1n) is 6.15. The monoisotopic (exact) mass is 256 g/mol. The Morgan fingerprint density at radius 1 is 1.59 bits per heavy atom. The Balaban J connectivity index is 1.99. The molecule has 1 saturated heterocycles. The number of piperidine rings is 1. The summed E-state index contributed by atoms with van der Waals surface area (Å²) in [5, 5.41) is 14.3. The smallest absolute Gasteiger partial charge is 0.132 e. The van der Waals surface area contributed by atoms with Gasteiger partial charge >= 0.3 is 0 Å². The van der Waals surface area contributed by atoms with Gasteiger partial charge in [0.1, 0.15) is 10.7 Å². The van der Waals surface area contributed by atoms with E-state index in [1.165, 1.54) is 24.4 Å². The van der Waals surface area contributed by atoms with Crippen LogP contribution in [0.2, 0.25) is 0 Å². The van der Waals surface area contributed by atoms with Crippen molar-refractivity contribution in [2.75, 3.05) is 12.3 Å². The number of aliphatic hydroxyl groups excluding tert-OH is 1. The lowest BCUT2D eigenvalue weighted by atomic mass is 9.97. The number of anilines is 1. The maximum atomic E-state index is 9.53. The van der Waals surface area contributed by atoms with Crippen LogP contribution in [0.5, 0.6) is 0 Å². The molecule has 0 aromatic carbocycles. The number of hydrogen-bond donors (Lipinski definition) is 2. The van der Waals surface area contributed by atoms with E-state index < -0.39 is 0 Å². The largest absolute Gasteiger partial charge is 0.393 e. The fourth-order valence-corrected chi connectivity index (χ4v) is 2.88. The van der Waals surface area contributed by atoms with Crippen molar-refractivity contribution in [1.29, 1.82) is 0 Å². The zero-order valence-electron chi connectivity index (χ0n) is 10.2. The van der Waals surface area contributed by atoms with Crippen molar-refractivity contribution >= 4 is 16.5 Å². The summed E-state index contributed by atoms with van der Waals surface area (Å²) >= 11 is 1.25. The molecule has 2 heterocycles. The molecule has 5 nitrogen and oxygen atoms in total. The van der Waals surface area contributed by atoms with E-state index in [9.17, 15) is 5.11 Å². The zero-order valence-corrected chi connectivity index (χ0v) is 11.0. The van der Waals surface area contributed by atoms with Crippen LogP contribution in [0.1, 0.15) is 38.3 Å². The van der Waals surface area contributed by atoms with Crippen LogP contribution in [0, 0.1) is 0 Å². The second-order valence-corrected chi connectivity index (χ2v) is 5.57. The number of aromatic nitrogens is 2. The molecule has 1 aromatic rings. The van der Waals surface area contributed by atoms with Gasteiger partial charge in [-0.15, -0.1) is 5.10 Å². The summed E-state index contributed by atoms with van der Waals surface area (Å²) < 4.78 is 3.86. The molecular formula is C11H20N4OS. The SMILES string of the molecule is CC(O)CC1CCCCN1Cc1nnsc1N. The van der Waals surface area contributed by atoms with E-state index in [2.05, 4.69) is 14.5 Å². The molecule has 2 rings (SSSR count). The lowest BCUT2D eigenvalue weighted by Gasteiger charge is -2.35. The summed E-state index contributed by atoms with van der Waals surface area (Å²) in [4.78, 5) is 2.38. The topological polar surface area (TPSA) is 75.3 Å². The maximum Gasteiger partial charge on any atom is 0.132 e. The zero-order chi connectivity index (χ0) is 12.3. The van der Waals surface area contributed by atoms with Crippen LogP contribution in [-0.2, 0) is 6.54 Å². The van der Waals surface area contributed by atoms with Gasteiger partial charge in [-0.05, 0) is 32.7 Å². The van der Waals surface area contributed by atoms with Gasteiger partial charge in [0.2, 0.25) is 0 Å². The van der Waals surface area contributed by atoms with Crippen molar-refractivity contribution < 1.29 is 5.11 Å². The van der Waals surface area contributed by atoms with Crippen LogP contribution in [-0.4, -0.2) is 38.3 Å². The fourth-order valence-electron chi connectivity index (χ4n) is 2.45. The number of aliphatic hydroxyl groups is 1. The summed E-state index contributed by atoms with van der Waals surface area (Å²) in [7, 11) is 0. The Kier molecular flexibility index (Phi) is 4.31. The number of nitrogens with two attached hydrogens (primary N) is 1. The lowest BCUT2D eigenvalue weighted by Crippen LogP contribution is -2.40. The van der Waals surface area contributed by atoms with Crippen LogP contribution in [0.3, 0.4) is 0 Å². The molecule has 1 fully saturated rings. The van der Waals surface area contributed by atoms with Gasteiger partial charge in [-0.25, -0.2) is 0 Å². The minimum absolute atomic E-state index is 0.244. The predicted molar refractivity (Wildman–Crippen MR) is 68.7 cm³/mol. The molecule has 0 amide bonds. The molecule has 0 aliphatic carbocycles. The molecule has 3 N–H and O–H groups in total. The van der Waals surface area contributed by atoms with Crippen molar-refractivity contribution in [1.82, 2.24) is 14.5 Å². The van der Waals surface area contributed by atoms with Crippen molar-refractivity contribution in [3.8, 4) is 0 Å². The Bertz CT molecular complexity index is 355. The van der Waals surface area contributed by atoms with E-state index in [0.717, 1.165) is 31.6 Å². The molecule has 2 unspecified atom stereocenters. The van der Waals surface area contributed by atoms with Crippen molar-refractivity contribution in [3.05, 3.63) is 5.69 Å². The number of nitrogens with zero attached hydrogens (tertiary/aromatic N) is 3. The van der Waals surface area contributed by atoms with Gasteiger partial charge in [-0.2, -0.15) is 0 Å². The molecule has 0 spiro atoms. The first-order valence-corrected chi connectivity index (χ1v) is 6.93. The quantitative estimate of drug-likeness (QED) is 0.848. The van der Waals surface area contributed by atoms with Crippen molar-refractivity contribution in [3.63, 3.8) is 0 Å². The molecular weight excluding hydrogens is 236 g/mol. The molecule has 6 heteroatoms. The minimum Gasteiger partial charge on any atom is -0.393 e. The van der Waals surface area contributed by atoms with Crippen molar-refractivity contribution in [2.45, 2.75) is 51.3 Å². The third-order valence-corrected chi connectivity index (χ3v) is 3.90. The van der Waals surface area contributed by atoms with Gasteiger partial charge < -0.3 is 10.8 Å². The predicted octanol–water partition coefficient (Wildman–Crippen LogP) is 1.25. The molecule has 0 saturated carbocycles. The normalized spacial score (nSPS) is 23.8. The highest BCUT2D eigenvalue weighted by Crippen LogP contribution is 2.24. The molecule has 17 heavy (non-hydrogen) atoms. The highest BCUT2D eigenvalue weighted by molar-refractivity contribution is 7.09. The van der Waals surface area contributed by atoms with E-state index in [-0.39, 0.29) is 6.10 Å². The highest BCUT2D eigenvalue weighted by atomic mass is 32.1. The summed E-state index contributed by atoms with van der Waals surface area (Å²) in [6.45, 7) is 3.68. The van der Waals surface area contributed by atoms with Crippen LogP contribution < -0.4 is 5.73 Å². The minimum atomic E-state index is -0.244. The van der Waals surface area contributed by atoms with E-state index >= 15 is 0 Å². The van der Waals surface area contributed by atoms with Gasteiger partial charge in [0.05, 0.1) is 6.10 Å². The average molecular weight is 256 g/mol. The van der Waals surface area contributed by atoms with E-state index in [0.29, 0.717) is 11.0 Å². The number of hydrogen-bond acceptors (Lipinski definition) is 6. The second-order valence-electron chi connectivity index (χ2n) is 4.79. The van der Waals surface area contributed by atoms with Gasteiger partial charge in [-0.1, -0.05) is 10.9 Å². The summed E-state index contributed by atoms with van der Waals surface area (Å²) in [5.74, 6) is 0. The summed E-state index contributed by atoms with van der Waals surface area (Å²) in [6, 6.07) is 0.449. The first-order chi connectivity index (χ1) is 8.16. The van der Waals surface area contributed by atoms with Crippen LogP contribution in [0.25, 0.3) is 0 Å². The van der Waals surface area contributed by atoms with E-state index in [1.54, 1.807) is 0 Å². The van der Waals surface area contributed by atoms with E-state index in [4.69, 9.17) is 5.73 Å². The van der Waals surface area contributed by atoms with Crippen LogP contribution in [0.4, 0.5) is 5.00 Å². The Labute approximate surface area is 106 Å². The third-order valence-electron chi connectivity index (χ3n) is 3.30. The van der Waals surface area contributed by atoms with Gasteiger partial charge in [0, 0.05) is 24.1 Å². The number of likely N-dealkylation sites (tertiary alicyclic amines) is 1. The van der Waals surface area contributed by atoms with Crippen molar-refractivity contribution in [2.24, 2.45) is 0 Å². The Morgan fingerprint density at radius 2 is 2.41 bits per heavy atom. The highest BCUT2D eigenvalue weighted by Gasteiger charge is 2.24. The van der Waals surface area contributed by atoms with Gasteiger partial charge in [0.25, 0.3) is 0 Å². The Morgan fingerprint density at radius 3 is 3.06 bits per heavy atom. The lowest BCUT2D eigenvalue weighted by molar-refractivity contribution is 0.0810. The third kappa shape index (κ3) is 3.37. The molecule has 0 bridgehead atoms. The molecule has 1 aromatic heterocycles. The van der Waals surface area contributed by atoms with Crippen LogP contribution >= 0.6 is 11.5 Å². The fraction of sp³-hybridized carbons (Fsp3) is 0.818. The standard InChI is InChI=1S/C11H20N4OS/c1-8(16)6-9-4-2-3-5-15(9)7-10-11(12)17-14-13-10/h8-9,16H,2-7,12H2,1H3. The maximum absolute atomic E-state index is 9.53. The average Bonchev–Trinajstić information content (AvgIpc) is 2.67. The summed E-state index contributed by atoms with van der Waals surface area (Å²) in [6.07, 6.45) is 4.21. The number of rotatable bonds is 4. The molecule has 96 valence electrons. The van der Waals surface area contributed by atoms with Crippen LogP contribution in [0.15, 0.2) is 0 Å². The molecule has 1 aliphatic heterocycles. The van der Waals surface area contributed by atoms with Gasteiger partial charge in [0.15, 0.2) is 0 Å². The summed E-state index contributed by atoms with van der Waals surface area (Å²) in [5.41, 5.74) is 6.70. The second kappa shape index (κ2) is 5.75. The first kappa shape index (κ1) is 12.7. The molecule has 0 radical (unpaired) electrons. The Hall–Kier alpha value is -0.720. The van der Waals surface area contributed by atoms with Gasteiger partial charge in [-0.3, -0.25) is 4.90 Å². The van der Waals surface area contributed by atoms with E-state index in [1.807, 2.05) is 6.92 Å².